The van der Waals surface area contributed by atoms with E-state index in [0.717, 1.165) is 25.8 Å². The predicted octanol–water partition coefficient (Wildman–Crippen LogP) is 2.66. The molecule has 92 valence electrons. The van der Waals surface area contributed by atoms with E-state index < -0.39 is 0 Å². The second-order valence-electron chi connectivity index (χ2n) is 3.47. The second kappa shape index (κ2) is 13.7. The zero-order chi connectivity index (χ0) is 10.6. The molecule has 0 atom stereocenters. The molecule has 0 rings (SSSR count). The van der Waals surface area contributed by atoms with E-state index in [1.807, 2.05) is 6.92 Å². The first-order valence-corrected chi connectivity index (χ1v) is 5.67. The fourth-order valence-electron chi connectivity index (χ4n) is 1.35. The van der Waals surface area contributed by atoms with Gasteiger partial charge < -0.3 is 10.5 Å². The number of halogens is 1. The number of hydrogen-bond donors (Lipinski definition) is 1. The Morgan fingerprint density at radius 1 is 1.07 bits per heavy atom. The lowest BCUT2D eigenvalue weighted by Crippen LogP contribution is -2.03. The maximum Gasteiger partial charge on any atom is 0.305 e. The second-order valence-corrected chi connectivity index (χ2v) is 3.47. The average molecular weight is 238 g/mol. The molecule has 0 aromatic carbocycles. The molecule has 0 fully saturated rings. The van der Waals surface area contributed by atoms with E-state index in [1.54, 1.807) is 0 Å². The molecule has 2 N–H and O–H groups in total. The molecule has 0 amide bonds. The first-order chi connectivity index (χ1) is 6.81. The van der Waals surface area contributed by atoms with Crippen LogP contribution in [0.4, 0.5) is 0 Å². The van der Waals surface area contributed by atoms with Crippen molar-refractivity contribution in [1.29, 1.82) is 0 Å². The monoisotopic (exact) mass is 237 g/mol. The number of carbonyl (C=O) groups excluding carboxylic acids is 1. The first-order valence-electron chi connectivity index (χ1n) is 5.67. The van der Waals surface area contributed by atoms with Gasteiger partial charge in [0.1, 0.15) is 0 Å². The third-order valence-electron chi connectivity index (χ3n) is 2.14. The number of ether oxygens (including phenoxy) is 1. The summed E-state index contributed by atoms with van der Waals surface area (Å²) in [6.45, 7) is 3.13. The Kier molecular flexibility index (Phi) is 15.7. The van der Waals surface area contributed by atoms with Gasteiger partial charge in [0, 0.05) is 6.42 Å². The number of nitrogens with two attached hydrogens (primary N) is 1. The van der Waals surface area contributed by atoms with Crippen molar-refractivity contribution in [3.05, 3.63) is 0 Å². The van der Waals surface area contributed by atoms with Crippen LogP contribution >= 0.6 is 12.4 Å². The fraction of sp³-hybridized carbons (Fsp3) is 0.909. The minimum Gasteiger partial charge on any atom is -0.466 e. The van der Waals surface area contributed by atoms with Crippen LogP contribution in [0.5, 0.6) is 0 Å². The van der Waals surface area contributed by atoms with Gasteiger partial charge in [-0.1, -0.05) is 25.7 Å². The summed E-state index contributed by atoms with van der Waals surface area (Å²) in [6, 6.07) is 0. The van der Waals surface area contributed by atoms with Gasteiger partial charge in [-0.25, -0.2) is 0 Å². The number of rotatable bonds is 9. The Morgan fingerprint density at radius 2 is 1.60 bits per heavy atom. The van der Waals surface area contributed by atoms with Crippen LogP contribution in [0.2, 0.25) is 0 Å². The summed E-state index contributed by atoms with van der Waals surface area (Å²) in [5.41, 5.74) is 5.38. The lowest BCUT2D eigenvalue weighted by molar-refractivity contribution is -0.143. The lowest BCUT2D eigenvalue weighted by atomic mass is 10.1. The Balaban J connectivity index is 0. The van der Waals surface area contributed by atoms with Crippen LogP contribution in [-0.4, -0.2) is 19.1 Å². The molecule has 0 saturated heterocycles. The van der Waals surface area contributed by atoms with E-state index in [9.17, 15) is 4.79 Å². The molecule has 0 aliphatic carbocycles. The molecule has 0 bridgehead atoms. The van der Waals surface area contributed by atoms with Gasteiger partial charge in [0.05, 0.1) is 6.61 Å². The summed E-state index contributed by atoms with van der Waals surface area (Å²) >= 11 is 0. The SMILES string of the molecule is CCOC(=O)CCCCCCCCN.Cl. The van der Waals surface area contributed by atoms with Crippen molar-refractivity contribution in [2.24, 2.45) is 5.73 Å². The Labute approximate surface area is 99.2 Å². The van der Waals surface area contributed by atoms with E-state index in [1.165, 1.54) is 19.3 Å². The van der Waals surface area contributed by atoms with Crippen LogP contribution < -0.4 is 5.73 Å². The normalized spacial score (nSPS) is 9.47. The summed E-state index contributed by atoms with van der Waals surface area (Å²) in [5, 5.41) is 0. The van der Waals surface area contributed by atoms with Crippen LogP contribution in [0, 0.1) is 0 Å². The molecule has 0 unspecified atom stereocenters. The Hall–Kier alpha value is -0.280. The standard InChI is InChI=1S/C11H23NO2.ClH/c1-2-14-11(13)9-7-5-3-4-6-8-10-12;/h2-10,12H2,1H3;1H. The highest BCUT2D eigenvalue weighted by atomic mass is 35.5. The van der Waals surface area contributed by atoms with Crippen molar-refractivity contribution >= 4 is 18.4 Å². The number of esters is 1. The lowest BCUT2D eigenvalue weighted by Gasteiger charge is -2.01. The van der Waals surface area contributed by atoms with Crippen molar-refractivity contribution in [1.82, 2.24) is 0 Å². The van der Waals surface area contributed by atoms with Crippen LogP contribution in [0.25, 0.3) is 0 Å². The molecule has 0 radical (unpaired) electrons. The number of hydrogen-bond acceptors (Lipinski definition) is 3. The van der Waals surface area contributed by atoms with Gasteiger partial charge in [-0.05, 0) is 26.3 Å². The van der Waals surface area contributed by atoms with E-state index in [-0.39, 0.29) is 18.4 Å². The van der Waals surface area contributed by atoms with Crippen LogP contribution in [0.15, 0.2) is 0 Å². The topological polar surface area (TPSA) is 52.3 Å². The highest BCUT2D eigenvalue weighted by Gasteiger charge is 2.00. The summed E-state index contributed by atoms with van der Waals surface area (Å²) in [5.74, 6) is -0.0607. The highest BCUT2D eigenvalue weighted by molar-refractivity contribution is 5.85. The quantitative estimate of drug-likeness (QED) is 0.496. The van der Waals surface area contributed by atoms with Gasteiger partial charge in [0.2, 0.25) is 0 Å². The van der Waals surface area contributed by atoms with E-state index in [2.05, 4.69) is 0 Å². The molecule has 15 heavy (non-hydrogen) atoms. The zero-order valence-electron chi connectivity index (χ0n) is 9.67. The Bertz CT molecular complexity index is 143. The van der Waals surface area contributed by atoms with Crippen molar-refractivity contribution in [3.8, 4) is 0 Å². The minimum atomic E-state index is -0.0607. The van der Waals surface area contributed by atoms with Crippen LogP contribution in [0.1, 0.15) is 51.9 Å². The van der Waals surface area contributed by atoms with E-state index >= 15 is 0 Å². The van der Waals surface area contributed by atoms with Gasteiger partial charge in [-0.3, -0.25) is 4.79 Å². The smallest absolute Gasteiger partial charge is 0.305 e. The molecule has 0 aromatic heterocycles. The van der Waals surface area contributed by atoms with Gasteiger partial charge in [0.15, 0.2) is 0 Å². The molecular weight excluding hydrogens is 214 g/mol. The summed E-state index contributed by atoms with van der Waals surface area (Å²) in [7, 11) is 0. The molecular formula is C11H24ClNO2. The van der Waals surface area contributed by atoms with E-state index in [4.69, 9.17) is 10.5 Å². The fourth-order valence-corrected chi connectivity index (χ4v) is 1.35. The summed E-state index contributed by atoms with van der Waals surface area (Å²) in [6.07, 6.45) is 7.45. The highest BCUT2D eigenvalue weighted by Crippen LogP contribution is 2.07. The van der Waals surface area contributed by atoms with E-state index in [0.29, 0.717) is 13.0 Å². The molecule has 4 heteroatoms. The van der Waals surface area contributed by atoms with Gasteiger partial charge in [-0.15, -0.1) is 12.4 Å². The molecule has 0 heterocycles. The maximum absolute atomic E-state index is 10.9. The molecule has 3 nitrogen and oxygen atoms in total. The van der Waals surface area contributed by atoms with Gasteiger partial charge >= 0.3 is 5.97 Å². The average Bonchev–Trinajstić information content (AvgIpc) is 2.17. The van der Waals surface area contributed by atoms with Crippen molar-refractivity contribution in [2.75, 3.05) is 13.2 Å². The molecule has 0 aliphatic rings. The van der Waals surface area contributed by atoms with Crippen molar-refractivity contribution < 1.29 is 9.53 Å². The van der Waals surface area contributed by atoms with Crippen LogP contribution in [0.3, 0.4) is 0 Å². The van der Waals surface area contributed by atoms with Crippen molar-refractivity contribution in [2.45, 2.75) is 51.9 Å². The summed E-state index contributed by atoms with van der Waals surface area (Å²) in [4.78, 5) is 10.9. The van der Waals surface area contributed by atoms with Crippen molar-refractivity contribution in [3.63, 3.8) is 0 Å². The molecule has 0 aliphatic heterocycles. The molecule has 0 aromatic rings. The molecule has 0 saturated carbocycles. The number of unbranched alkanes of at least 4 members (excludes halogenated alkanes) is 5. The molecule has 0 spiro atoms. The number of carbonyl (C=O) groups is 1. The zero-order valence-corrected chi connectivity index (χ0v) is 10.5. The largest absolute Gasteiger partial charge is 0.466 e. The third-order valence-corrected chi connectivity index (χ3v) is 2.14. The Morgan fingerprint density at radius 3 is 2.13 bits per heavy atom. The van der Waals surface area contributed by atoms with Crippen LogP contribution in [-0.2, 0) is 9.53 Å². The predicted molar refractivity (Wildman–Crippen MR) is 65.3 cm³/mol. The maximum atomic E-state index is 10.9. The minimum absolute atomic E-state index is 0. The van der Waals surface area contributed by atoms with Gasteiger partial charge in [-0.2, -0.15) is 0 Å². The first kappa shape index (κ1) is 17.1. The van der Waals surface area contributed by atoms with Gasteiger partial charge in [0.25, 0.3) is 0 Å². The third kappa shape index (κ3) is 13.7. The summed E-state index contributed by atoms with van der Waals surface area (Å²) < 4.78 is 4.83.